The van der Waals surface area contributed by atoms with Crippen molar-refractivity contribution in [3.8, 4) is 0 Å². The first-order chi connectivity index (χ1) is 12.5. The standard InChI is InChI=1S/C22H31NO4/c1-7-13-22(5,6)14-17-18(24)27-19(21(2,3)4)23(17)20(25)26-15-16-11-9-8-10-12-16/h7-12,17,19H,1,13-15H2,2-6H3/t17-,19+/m0/s1. The maximum absolute atomic E-state index is 12.9. The van der Waals surface area contributed by atoms with Gasteiger partial charge in [-0.05, 0) is 23.8 Å². The average Bonchev–Trinajstić information content (AvgIpc) is 2.90. The second-order valence-electron chi connectivity index (χ2n) is 8.98. The molecule has 0 aliphatic carbocycles. The molecule has 0 aromatic heterocycles. The Bertz CT molecular complexity index is 675. The molecule has 0 bridgehead atoms. The van der Waals surface area contributed by atoms with E-state index in [9.17, 15) is 9.59 Å². The largest absolute Gasteiger partial charge is 0.444 e. The van der Waals surface area contributed by atoms with Crippen LogP contribution in [0.4, 0.5) is 4.79 Å². The van der Waals surface area contributed by atoms with E-state index in [0.717, 1.165) is 12.0 Å². The maximum Gasteiger partial charge on any atom is 0.413 e. The smallest absolute Gasteiger partial charge is 0.413 e. The molecule has 0 unspecified atom stereocenters. The van der Waals surface area contributed by atoms with Crippen molar-refractivity contribution in [1.82, 2.24) is 4.90 Å². The van der Waals surface area contributed by atoms with Gasteiger partial charge >= 0.3 is 12.1 Å². The molecule has 5 nitrogen and oxygen atoms in total. The van der Waals surface area contributed by atoms with Gasteiger partial charge in [0.1, 0.15) is 12.6 Å². The van der Waals surface area contributed by atoms with Gasteiger partial charge < -0.3 is 9.47 Å². The van der Waals surface area contributed by atoms with Crippen molar-refractivity contribution < 1.29 is 19.1 Å². The van der Waals surface area contributed by atoms with E-state index in [0.29, 0.717) is 6.42 Å². The molecule has 1 amide bonds. The minimum absolute atomic E-state index is 0.157. The summed E-state index contributed by atoms with van der Waals surface area (Å²) in [6.45, 7) is 13.9. The number of ether oxygens (including phenoxy) is 2. The zero-order chi connectivity index (χ0) is 20.2. The van der Waals surface area contributed by atoms with Gasteiger partial charge in [-0.1, -0.05) is 71.0 Å². The maximum atomic E-state index is 12.9. The van der Waals surface area contributed by atoms with Crippen LogP contribution in [0.15, 0.2) is 43.0 Å². The molecule has 1 aromatic carbocycles. The molecule has 0 spiro atoms. The fraction of sp³-hybridized carbons (Fsp3) is 0.545. The number of cyclic esters (lactones) is 1. The highest BCUT2D eigenvalue weighted by Gasteiger charge is 2.51. The topological polar surface area (TPSA) is 55.8 Å². The summed E-state index contributed by atoms with van der Waals surface area (Å²) in [5, 5.41) is 0. The molecule has 0 N–H and O–H groups in total. The number of nitrogens with zero attached hydrogens (tertiary/aromatic N) is 1. The van der Waals surface area contributed by atoms with E-state index in [4.69, 9.17) is 9.47 Å². The molecule has 5 heteroatoms. The average molecular weight is 373 g/mol. The SMILES string of the molecule is C=CCC(C)(C)C[C@H]1C(=O)O[C@H](C(C)(C)C)N1C(=O)OCc1ccccc1. The van der Waals surface area contributed by atoms with Crippen LogP contribution >= 0.6 is 0 Å². The van der Waals surface area contributed by atoms with Gasteiger partial charge in [0.15, 0.2) is 6.23 Å². The Morgan fingerprint density at radius 2 is 1.85 bits per heavy atom. The number of esters is 1. The number of hydrogen-bond donors (Lipinski definition) is 0. The summed E-state index contributed by atoms with van der Waals surface area (Å²) in [5.41, 5.74) is 0.294. The summed E-state index contributed by atoms with van der Waals surface area (Å²) in [7, 11) is 0. The summed E-state index contributed by atoms with van der Waals surface area (Å²) < 4.78 is 11.1. The van der Waals surface area contributed by atoms with E-state index in [1.165, 1.54) is 4.90 Å². The highest BCUT2D eigenvalue weighted by atomic mass is 16.6. The third kappa shape index (κ3) is 5.34. The molecule has 1 saturated heterocycles. The number of hydrogen-bond acceptors (Lipinski definition) is 4. The van der Waals surface area contributed by atoms with Crippen LogP contribution in [-0.2, 0) is 20.9 Å². The van der Waals surface area contributed by atoms with Gasteiger partial charge in [0.2, 0.25) is 0 Å². The van der Waals surface area contributed by atoms with E-state index in [1.54, 1.807) is 0 Å². The lowest BCUT2D eigenvalue weighted by atomic mass is 9.82. The Labute approximate surface area is 162 Å². The third-order valence-electron chi connectivity index (χ3n) is 4.69. The first-order valence-electron chi connectivity index (χ1n) is 9.35. The molecular formula is C22H31NO4. The summed E-state index contributed by atoms with van der Waals surface area (Å²) in [5.74, 6) is -0.372. The quantitative estimate of drug-likeness (QED) is 0.525. The van der Waals surface area contributed by atoms with Crippen LogP contribution in [0.1, 0.15) is 53.0 Å². The van der Waals surface area contributed by atoms with E-state index in [1.807, 2.05) is 57.2 Å². The number of carbonyl (C=O) groups excluding carboxylic acids is 2. The van der Waals surface area contributed by atoms with Crippen molar-refractivity contribution in [3.05, 3.63) is 48.6 Å². The number of carbonyl (C=O) groups is 2. The molecule has 1 aromatic rings. The van der Waals surface area contributed by atoms with Gasteiger partial charge in [-0.25, -0.2) is 9.59 Å². The third-order valence-corrected chi connectivity index (χ3v) is 4.69. The zero-order valence-electron chi connectivity index (χ0n) is 17.0. The fourth-order valence-electron chi connectivity index (χ4n) is 3.31. The Morgan fingerprint density at radius 1 is 1.22 bits per heavy atom. The number of allylic oxidation sites excluding steroid dienone is 1. The monoisotopic (exact) mass is 373 g/mol. The number of benzene rings is 1. The highest BCUT2D eigenvalue weighted by molar-refractivity contribution is 5.84. The molecule has 1 aliphatic heterocycles. The molecular weight excluding hydrogens is 342 g/mol. The van der Waals surface area contributed by atoms with Crippen molar-refractivity contribution in [2.75, 3.05) is 0 Å². The second-order valence-corrected chi connectivity index (χ2v) is 8.98. The van der Waals surface area contributed by atoms with Crippen molar-refractivity contribution in [1.29, 1.82) is 0 Å². The lowest BCUT2D eigenvalue weighted by Gasteiger charge is -2.35. The normalized spacial score (nSPS) is 20.3. The Hall–Kier alpha value is -2.30. The van der Waals surface area contributed by atoms with Crippen molar-refractivity contribution in [2.24, 2.45) is 10.8 Å². The van der Waals surface area contributed by atoms with Gasteiger partial charge in [0, 0.05) is 5.41 Å². The van der Waals surface area contributed by atoms with Crippen molar-refractivity contribution in [2.45, 2.75) is 66.3 Å². The molecule has 0 saturated carbocycles. The van der Waals surface area contributed by atoms with E-state index < -0.39 is 23.8 Å². The number of amides is 1. The highest BCUT2D eigenvalue weighted by Crippen LogP contribution is 2.38. The van der Waals surface area contributed by atoms with Crippen LogP contribution in [0.5, 0.6) is 0 Å². The van der Waals surface area contributed by atoms with Crippen molar-refractivity contribution in [3.63, 3.8) is 0 Å². The second kappa shape index (κ2) is 8.15. The van der Waals surface area contributed by atoms with Gasteiger partial charge in [0.05, 0.1) is 0 Å². The summed E-state index contributed by atoms with van der Waals surface area (Å²) >= 11 is 0. The van der Waals surface area contributed by atoms with Crippen LogP contribution < -0.4 is 0 Å². The van der Waals surface area contributed by atoms with Crippen LogP contribution in [0, 0.1) is 10.8 Å². The van der Waals surface area contributed by atoms with E-state index in [-0.39, 0.29) is 18.0 Å². The Morgan fingerprint density at radius 3 is 2.41 bits per heavy atom. The minimum Gasteiger partial charge on any atom is -0.444 e. The first-order valence-corrected chi connectivity index (χ1v) is 9.35. The lowest BCUT2D eigenvalue weighted by molar-refractivity contribution is -0.147. The molecule has 27 heavy (non-hydrogen) atoms. The molecule has 148 valence electrons. The number of rotatable bonds is 6. The van der Waals surface area contributed by atoms with E-state index >= 15 is 0 Å². The van der Waals surface area contributed by atoms with Gasteiger partial charge in [-0.2, -0.15) is 0 Å². The Kier molecular flexibility index (Phi) is 6.34. The predicted molar refractivity (Wildman–Crippen MR) is 105 cm³/mol. The molecule has 2 atom stereocenters. The molecule has 0 radical (unpaired) electrons. The van der Waals surface area contributed by atoms with Gasteiger partial charge in [0.25, 0.3) is 0 Å². The van der Waals surface area contributed by atoms with Crippen LogP contribution in [-0.4, -0.2) is 29.2 Å². The van der Waals surface area contributed by atoms with Gasteiger partial charge in [-0.15, -0.1) is 6.58 Å². The Balaban J connectivity index is 2.22. The van der Waals surface area contributed by atoms with Crippen LogP contribution in [0.3, 0.4) is 0 Å². The lowest BCUT2D eigenvalue weighted by Crippen LogP contribution is -2.49. The van der Waals surface area contributed by atoms with Crippen molar-refractivity contribution >= 4 is 12.1 Å². The zero-order valence-corrected chi connectivity index (χ0v) is 17.0. The molecule has 1 heterocycles. The van der Waals surface area contributed by atoms with Crippen LogP contribution in [0.25, 0.3) is 0 Å². The molecule has 2 rings (SSSR count). The molecule has 1 aliphatic rings. The molecule has 1 fully saturated rings. The van der Waals surface area contributed by atoms with E-state index in [2.05, 4.69) is 20.4 Å². The fourth-order valence-corrected chi connectivity index (χ4v) is 3.31. The first kappa shape index (κ1) is 21.0. The predicted octanol–water partition coefficient (Wildman–Crippen LogP) is 4.92. The summed E-state index contributed by atoms with van der Waals surface area (Å²) in [4.78, 5) is 27.0. The summed E-state index contributed by atoms with van der Waals surface area (Å²) in [6, 6.07) is 8.82. The summed E-state index contributed by atoms with van der Waals surface area (Å²) in [6.07, 6.45) is 1.88. The minimum atomic E-state index is -0.660. The van der Waals surface area contributed by atoms with Crippen LogP contribution in [0.2, 0.25) is 0 Å². The van der Waals surface area contributed by atoms with Gasteiger partial charge in [-0.3, -0.25) is 4.90 Å².